The van der Waals surface area contributed by atoms with Gasteiger partial charge in [-0.2, -0.15) is 4.98 Å². The molecule has 0 N–H and O–H groups in total. The summed E-state index contributed by atoms with van der Waals surface area (Å²) in [4.78, 5) is 18.8. The zero-order chi connectivity index (χ0) is 19.5. The van der Waals surface area contributed by atoms with Gasteiger partial charge in [0.25, 0.3) is 0 Å². The van der Waals surface area contributed by atoms with E-state index >= 15 is 0 Å². The zero-order valence-electron chi connectivity index (χ0n) is 15.5. The first-order chi connectivity index (χ1) is 13.7. The number of benzene rings is 2. The van der Waals surface area contributed by atoms with Gasteiger partial charge in [-0.05, 0) is 43.2 Å². The normalized spacial score (nSPS) is 16.6. The number of rotatable bonds is 6. The highest BCUT2D eigenvalue weighted by molar-refractivity contribution is 6.30. The smallest absolute Gasteiger partial charge is 0.249 e. The van der Waals surface area contributed by atoms with E-state index in [-0.39, 0.29) is 11.9 Å². The lowest BCUT2D eigenvalue weighted by molar-refractivity contribution is -0.129. The van der Waals surface area contributed by atoms with Crippen molar-refractivity contribution in [3.05, 3.63) is 65.0 Å². The number of likely N-dealkylation sites (tertiary alicyclic amines) is 1. The molecule has 6 nitrogen and oxygen atoms in total. The molecule has 1 aromatic heterocycles. The largest absolute Gasteiger partial charge is 0.493 e. The first kappa shape index (κ1) is 18.5. The first-order valence-corrected chi connectivity index (χ1v) is 9.63. The van der Waals surface area contributed by atoms with Crippen molar-refractivity contribution in [2.75, 3.05) is 6.61 Å². The summed E-state index contributed by atoms with van der Waals surface area (Å²) in [5.74, 6) is 1.67. The number of aromatic nitrogens is 2. The topological polar surface area (TPSA) is 68.5 Å². The summed E-state index contributed by atoms with van der Waals surface area (Å²) in [5, 5.41) is 4.78. The Morgan fingerprint density at radius 1 is 1.25 bits per heavy atom. The predicted octanol–water partition coefficient (Wildman–Crippen LogP) is 4.65. The van der Waals surface area contributed by atoms with Gasteiger partial charge in [0.15, 0.2) is 0 Å². The molecule has 0 saturated carbocycles. The van der Waals surface area contributed by atoms with Gasteiger partial charge in [-0.25, -0.2) is 0 Å². The average molecular weight is 398 g/mol. The molecule has 3 aromatic rings. The second-order valence-electron chi connectivity index (χ2n) is 6.59. The van der Waals surface area contributed by atoms with E-state index in [1.165, 1.54) is 0 Å². The number of carbonyl (C=O) groups is 1. The van der Waals surface area contributed by atoms with Crippen LogP contribution in [0.4, 0.5) is 0 Å². The number of halogens is 1. The highest BCUT2D eigenvalue weighted by atomic mass is 35.5. The molecule has 4 rings (SSSR count). The van der Waals surface area contributed by atoms with E-state index in [4.69, 9.17) is 20.9 Å². The van der Waals surface area contributed by atoms with Gasteiger partial charge in [-0.3, -0.25) is 4.79 Å². The fraction of sp³-hybridized carbons (Fsp3) is 0.286. The Bertz CT molecular complexity index is 988. The van der Waals surface area contributed by atoms with Crippen LogP contribution in [0.5, 0.6) is 5.75 Å². The van der Waals surface area contributed by atoms with Crippen molar-refractivity contribution in [2.45, 2.75) is 32.4 Å². The zero-order valence-corrected chi connectivity index (χ0v) is 16.2. The maximum Gasteiger partial charge on any atom is 0.249 e. The molecule has 1 amide bonds. The van der Waals surface area contributed by atoms with Gasteiger partial charge in [-0.1, -0.05) is 41.0 Å². The molecule has 0 spiro atoms. The third kappa shape index (κ3) is 3.73. The van der Waals surface area contributed by atoms with Gasteiger partial charge < -0.3 is 14.2 Å². The summed E-state index contributed by atoms with van der Waals surface area (Å²) >= 11 is 6.08. The summed E-state index contributed by atoms with van der Waals surface area (Å²) in [5.41, 5.74) is 1.74. The van der Waals surface area contributed by atoms with Gasteiger partial charge in [0, 0.05) is 18.0 Å². The van der Waals surface area contributed by atoms with Gasteiger partial charge in [0.05, 0.1) is 12.2 Å². The second kappa shape index (κ2) is 8.02. The predicted molar refractivity (Wildman–Crippen MR) is 105 cm³/mol. The van der Waals surface area contributed by atoms with Gasteiger partial charge >= 0.3 is 0 Å². The maximum absolute atomic E-state index is 12.4. The van der Waals surface area contributed by atoms with Crippen LogP contribution in [-0.2, 0) is 11.3 Å². The monoisotopic (exact) mass is 397 g/mol. The molecule has 1 fully saturated rings. The molecule has 0 radical (unpaired) electrons. The van der Waals surface area contributed by atoms with Crippen LogP contribution in [-0.4, -0.2) is 27.6 Å². The van der Waals surface area contributed by atoms with Crippen LogP contribution in [0.2, 0.25) is 5.02 Å². The van der Waals surface area contributed by atoms with E-state index in [1.54, 1.807) is 4.90 Å². The van der Waals surface area contributed by atoms with Gasteiger partial charge in [-0.15, -0.1) is 0 Å². The van der Waals surface area contributed by atoms with Crippen LogP contribution in [0.25, 0.3) is 11.4 Å². The number of amides is 1. The van der Waals surface area contributed by atoms with Gasteiger partial charge in [0.2, 0.25) is 17.6 Å². The Morgan fingerprint density at radius 2 is 2.11 bits per heavy atom. The van der Waals surface area contributed by atoms with Crippen LogP contribution < -0.4 is 4.74 Å². The van der Waals surface area contributed by atoms with E-state index < -0.39 is 0 Å². The van der Waals surface area contributed by atoms with Crippen molar-refractivity contribution in [2.24, 2.45) is 0 Å². The molecule has 28 heavy (non-hydrogen) atoms. The number of hydrogen-bond donors (Lipinski definition) is 0. The minimum absolute atomic E-state index is 0.0689. The molecule has 2 heterocycles. The van der Waals surface area contributed by atoms with Crippen molar-refractivity contribution in [3.63, 3.8) is 0 Å². The third-order valence-corrected chi connectivity index (χ3v) is 4.96. The Balaban J connectivity index is 1.60. The Kier molecular flexibility index (Phi) is 5.30. The van der Waals surface area contributed by atoms with Crippen molar-refractivity contribution in [1.29, 1.82) is 0 Å². The first-order valence-electron chi connectivity index (χ1n) is 9.25. The molecule has 1 unspecified atom stereocenters. The van der Waals surface area contributed by atoms with E-state index in [1.807, 2.05) is 55.5 Å². The van der Waals surface area contributed by atoms with E-state index in [2.05, 4.69) is 10.1 Å². The van der Waals surface area contributed by atoms with Crippen molar-refractivity contribution in [3.8, 4) is 17.1 Å². The summed E-state index contributed by atoms with van der Waals surface area (Å²) in [6, 6.07) is 14.8. The Morgan fingerprint density at radius 3 is 2.93 bits per heavy atom. The molecule has 0 aliphatic carbocycles. The lowest BCUT2D eigenvalue weighted by atomic mass is 10.1. The van der Waals surface area contributed by atoms with Gasteiger partial charge in [0.1, 0.15) is 11.8 Å². The molecule has 1 saturated heterocycles. The molecule has 1 atom stereocenters. The van der Waals surface area contributed by atoms with E-state index in [0.717, 1.165) is 11.1 Å². The molecular formula is C21H20ClN3O3. The van der Waals surface area contributed by atoms with Crippen LogP contribution >= 0.6 is 11.6 Å². The van der Waals surface area contributed by atoms with Crippen molar-refractivity contribution in [1.82, 2.24) is 15.0 Å². The summed E-state index contributed by atoms with van der Waals surface area (Å²) in [7, 11) is 0. The van der Waals surface area contributed by atoms with E-state index in [0.29, 0.717) is 48.5 Å². The molecule has 0 bridgehead atoms. The van der Waals surface area contributed by atoms with Crippen LogP contribution in [0.1, 0.15) is 37.3 Å². The number of nitrogens with zero attached hydrogens (tertiary/aromatic N) is 3. The SMILES string of the molecule is CCOc1ccccc1-c1noc(C2CCC(=O)N2Cc2cccc(Cl)c2)n1. The van der Waals surface area contributed by atoms with E-state index in [9.17, 15) is 4.79 Å². The lowest BCUT2D eigenvalue weighted by Crippen LogP contribution is -2.27. The highest BCUT2D eigenvalue weighted by Crippen LogP contribution is 2.35. The van der Waals surface area contributed by atoms with Crippen molar-refractivity contribution < 1.29 is 14.1 Å². The van der Waals surface area contributed by atoms with Crippen LogP contribution in [0, 0.1) is 0 Å². The number of ether oxygens (including phenoxy) is 1. The standard InChI is InChI=1S/C21H20ClN3O3/c1-2-27-18-9-4-3-8-16(18)20-23-21(28-24-20)17-10-11-19(26)25(17)13-14-6-5-7-15(22)12-14/h3-9,12,17H,2,10-11,13H2,1H3. The molecule has 1 aliphatic heterocycles. The number of hydrogen-bond acceptors (Lipinski definition) is 5. The average Bonchev–Trinajstić information content (AvgIpc) is 3.30. The molecule has 7 heteroatoms. The minimum atomic E-state index is -0.244. The number of carbonyl (C=O) groups excluding carboxylic acids is 1. The van der Waals surface area contributed by atoms with Crippen molar-refractivity contribution >= 4 is 17.5 Å². The maximum atomic E-state index is 12.4. The highest BCUT2D eigenvalue weighted by Gasteiger charge is 2.36. The third-order valence-electron chi connectivity index (χ3n) is 4.72. The Hall–Kier alpha value is -2.86. The fourth-order valence-electron chi connectivity index (χ4n) is 3.43. The molecule has 2 aromatic carbocycles. The summed E-state index contributed by atoms with van der Waals surface area (Å²) in [6.07, 6.45) is 1.10. The summed E-state index contributed by atoms with van der Waals surface area (Å²) < 4.78 is 11.2. The van der Waals surface area contributed by atoms with Crippen LogP contribution in [0.15, 0.2) is 53.1 Å². The fourth-order valence-corrected chi connectivity index (χ4v) is 3.65. The second-order valence-corrected chi connectivity index (χ2v) is 7.03. The lowest BCUT2D eigenvalue weighted by Gasteiger charge is -2.22. The summed E-state index contributed by atoms with van der Waals surface area (Å²) in [6.45, 7) is 2.93. The quantitative estimate of drug-likeness (QED) is 0.605. The number of para-hydroxylation sites is 1. The molecule has 1 aliphatic rings. The van der Waals surface area contributed by atoms with Crippen LogP contribution in [0.3, 0.4) is 0 Å². The Labute approximate surface area is 168 Å². The minimum Gasteiger partial charge on any atom is -0.493 e. The molecular weight excluding hydrogens is 378 g/mol. The molecule has 144 valence electrons.